The van der Waals surface area contributed by atoms with Crippen LogP contribution in [0.2, 0.25) is 10.0 Å². The Morgan fingerprint density at radius 2 is 1.78 bits per heavy atom. The third-order valence-corrected chi connectivity index (χ3v) is 4.24. The lowest BCUT2D eigenvalue weighted by atomic mass is 9.92. The molecule has 0 atom stereocenters. The normalized spacial score (nSPS) is 17.4. The first-order valence-corrected chi connectivity index (χ1v) is 7.40. The number of halogens is 2. The van der Waals surface area contributed by atoms with Crippen LogP contribution in [-0.2, 0) is 0 Å². The minimum absolute atomic E-state index is 0.134. The van der Waals surface area contributed by atoms with E-state index in [0.29, 0.717) is 27.9 Å². The number of carbonyl (C=O) groups excluding carboxylic acids is 1. The number of hydrogen-bond donors (Lipinski definition) is 0. The second-order valence-electron chi connectivity index (χ2n) is 5.11. The van der Waals surface area contributed by atoms with Crippen LogP contribution < -0.4 is 0 Å². The molecule has 0 heterocycles. The second-order valence-corrected chi connectivity index (χ2v) is 5.95. The van der Waals surface area contributed by atoms with Gasteiger partial charge in [0.2, 0.25) is 0 Å². The molecule has 0 saturated heterocycles. The Balaban J connectivity index is 2.04. The van der Waals surface area contributed by atoms with Crippen LogP contribution in [0.3, 0.4) is 0 Å². The maximum Gasteiger partial charge on any atom is 0.164 e. The summed E-state index contributed by atoms with van der Waals surface area (Å²) >= 11 is 12.0. The molecular formula is C15H18Cl2O. The molecule has 98 valence electrons. The van der Waals surface area contributed by atoms with Gasteiger partial charge in [0.05, 0.1) is 5.02 Å². The Morgan fingerprint density at radius 1 is 1.11 bits per heavy atom. The first-order chi connectivity index (χ1) is 8.66. The zero-order chi connectivity index (χ0) is 13.0. The van der Waals surface area contributed by atoms with Crippen LogP contribution in [0.15, 0.2) is 18.2 Å². The van der Waals surface area contributed by atoms with E-state index in [2.05, 4.69) is 0 Å². The zero-order valence-corrected chi connectivity index (χ0v) is 11.9. The van der Waals surface area contributed by atoms with Gasteiger partial charge in [0.1, 0.15) is 0 Å². The predicted molar refractivity (Wildman–Crippen MR) is 76.6 cm³/mol. The van der Waals surface area contributed by atoms with Gasteiger partial charge in [-0.15, -0.1) is 0 Å². The Morgan fingerprint density at radius 3 is 2.44 bits per heavy atom. The van der Waals surface area contributed by atoms with Crippen molar-refractivity contribution in [3.63, 3.8) is 0 Å². The standard InChI is InChI=1S/C15H18Cl2O/c16-12-7-8-14(17)13(10-12)15(18)9-11-5-3-1-2-4-6-11/h7-8,10-11H,1-6,9H2. The number of ketones is 1. The van der Waals surface area contributed by atoms with E-state index in [-0.39, 0.29) is 5.78 Å². The Hall–Kier alpha value is -0.530. The van der Waals surface area contributed by atoms with Crippen LogP contribution in [0.4, 0.5) is 0 Å². The van der Waals surface area contributed by atoms with Crippen molar-refractivity contribution in [3.05, 3.63) is 33.8 Å². The summed E-state index contributed by atoms with van der Waals surface area (Å²) in [5.41, 5.74) is 0.577. The molecule has 1 nitrogen and oxygen atoms in total. The van der Waals surface area contributed by atoms with Crippen LogP contribution in [0.25, 0.3) is 0 Å². The number of carbonyl (C=O) groups is 1. The smallest absolute Gasteiger partial charge is 0.164 e. The fraction of sp³-hybridized carbons (Fsp3) is 0.533. The molecule has 3 heteroatoms. The fourth-order valence-corrected chi connectivity index (χ4v) is 3.05. The molecular weight excluding hydrogens is 267 g/mol. The summed E-state index contributed by atoms with van der Waals surface area (Å²) in [5, 5.41) is 1.08. The van der Waals surface area contributed by atoms with Crippen LogP contribution in [0.1, 0.15) is 55.3 Å². The van der Waals surface area contributed by atoms with Gasteiger partial charge < -0.3 is 0 Å². The molecule has 0 N–H and O–H groups in total. The summed E-state index contributed by atoms with van der Waals surface area (Å²) in [7, 11) is 0. The SMILES string of the molecule is O=C(CC1CCCCCC1)c1cc(Cl)ccc1Cl. The van der Waals surface area contributed by atoms with Gasteiger partial charge in [-0.1, -0.05) is 61.7 Å². The highest BCUT2D eigenvalue weighted by atomic mass is 35.5. The van der Waals surface area contributed by atoms with E-state index in [1.807, 2.05) is 0 Å². The van der Waals surface area contributed by atoms with E-state index in [4.69, 9.17) is 23.2 Å². The topological polar surface area (TPSA) is 17.1 Å². The largest absolute Gasteiger partial charge is 0.294 e. The zero-order valence-electron chi connectivity index (χ0n) is 10.4. The lowest BCUT2D eigenvalue weighted by Gasteiger charge is -2.13. The van der Waals surface area contributed by atoms with Crippen LogP contribution in [-0.4, -0.2) is 5.78 Å². The Kier molecular flexibility index (Phi) is 5.08. The van der Waals surface area contributed by atoms with Crippen molar-refractivity contribution in [2.75, 3.05) is 0 Å². The number of rotatable bonds is 3. The highest BCUT2D eigenvalue weighted by Gasteiger charge is 2.18. The molecule has 1 aromatic carbocycles. The van der Waals surface area contributed by atoms with Gasteiger partial charge in [-0.2, -0.15) is 0 Å². The quantitative estimate of drug-likeness (QED) is 0.526. The summed E-state index contributed by atoms with van der Waals surface area (Å²) < 4.78 is 0. The van der Waals surface area contributed by atoms with E-state index in [0.717, 1.165) is 0 Å². The molecule has 18 heavy (non-hydrogen) atoms. The summed E-state index contributed by atoms with van der Waals surface area (Å²) in [6, 6.07) is 5.10. The molecule has 1 fully saturated rings. The number of Topliss-reactive ketones (excluding diaryl/α,β-unsaturated/α-hetero) is 1. The molecule has 0 amide bonds. The van der Waals surface area contributed by atoms with Crippen molar-refractivity contribution in [2.45, 2.75) is 44.9 Å². The monoisotopic (exact) mass is 284 g/mol. The van der Waals surface area contributed by atoms with Crippen molar-refractivity contribution >= 4 is 29.0 Å². The van der Waals surface area contributed by atoms with Gasteiger partial charge in [0.15, 0.2) is 5.78 Å². The lowest BCUT2D eigenvalue weighted by molar-refractivity contribution is 0.0957. The molecule has 0 unspecified atom stereocenters. The summed E-state index contributed by atoms with van der Waals surface area (Å²) in [5.74, 6) is 0.657. The predicted octanol–water partition coefficient (Wildman–Crippen LogP) is 5.54. The highest BCUT2D eigenvalue weighted by molar-refractivity contribution is 6.35. The Labute approximate surface area is 118 Å². The van der Waals surface area contributed by atoms with E-state index in [1.165, 1.54) is 38.5 Å². The summed E-state index contributed by atoms with van der Waals surface area (Å²) in [4.78, 5) is 12.3. The second kappa shape index (κ2) is 6.58. The van der Waals surface area contributed by atoms with Crippen LogP contribution >= 0.6 is 23.2 Å². The fourth-order valence-electron chi connectivity index (χ4n) is 2.65. The third-order valence-electron chi connectivity index (χ3n) is 3.68. The first-order valence-electron chi connectivity index (χ1n) is 6.65. The van der Waals surface area contributed by atoms with Gasteiger partial charge in [0, 0.05) is 17.0 Å². The molecule has 1 aromatic rings. The molecule has 0 bridgehead atoms. The molecule has 2 rings (SSSR count). The number of hydrogen-bond acceptors (Lipinski definition) is 1. The van der Waals surface area contributed by atoms with Gasteiger partial charge in [-0.05, 0) is 24.1 Å². The van der Waals surface area contributed by atoms with Gasteiger partial charge in [-0.25, -0.2) is 0 Å². The average molecular weight is 285 g/mol. The number of benzene rings is 1. The van der Waals surface area contributed by atoms with Crippen molar-refractivity contribution in [2.24, 2.45) is 5.92 Å². The van der Waals surface area contributed by atoms with E-state index in [9.17, 15) is 4.79 Å². The minimum Gasteiger partial charge on any atom is -0.294 e. The maximum absolute atomic E-state index is 12.3. The third kappa shape index (κ3) is 3.73. The van der Waals surface area contributed by atoms with Gasteiger partial charge in [0.25, 0.3) is 0 Å². The molecule has 0 spiro atoms. The van der Waals surface area contributed by atoms with Crippen molar-refractivity contribution < 1.29 is 4.79 Å². The molecule has 1 aliphatic carbocycles. The molecule has 1 saturated carbocycles. The molecule has 0 radical (unpaired) electrons. The Bertz CT molecular complexity index is 421. The summed E-state index contributed by atoms with van der Waals surface area (Å²) in [6.45, 7) is 0. The van der Waals surface area contributed by atoms with Crippen LogP contribution in [0.5, 0.6) is 0 Å². The highest BCUT2D eigenvalue weighted by Crippen LogP contribution is 2.29. The average Bonchev–Trinajstić information content (AvgIpc) is 2.61. The van der Waals surface area contributed by atoms with Gasteiger partial charge in [-0.3, -0.25) is 4.79 Å². The van der Waals surface area contributed by atoms with E-state index >= 15 is 0 Å². The summed E-state index contributed by atoms with van der Waals surface area (Å²) in [6.07, 6.45) is 8.07. The maximum atomic E-state index is 12.3. The van der Waals surface area contributed by atoms with Crippen molar-refractivity contribution in [1.29, 1.82) is 0 Å². The minimum atomic E-state index is 0.134. The van der Waals surface area contributed by atoms with E-state index in [1.54, 1.807) is 18.2 Å². The van der Waals surface area contributed by atoms with Crippen molar-refractivity contribution in [1.82, 2.24) is 0 Å². The van der Waals surface area contributed by atoms with Gasteiger partial charge >= 0.3 is 0 Å². The van der Waals surface area contributed by atoms with Crippen LogP contribution in [0, 0.1) is 5.92 Å². The van der Waals surface area contributed by atoms with Crippen molar-refractivity contribution in [3.8, 4) is 0 Å². The van der Waals surface area contributed by atoms with E-state index < -0.39 is 0 Å². The lowest BCUT2D eigenvalue weighted by Crippen LogP contribution is -2.09. The molecule has 0 aromatic heterocycles. The molecule has 0 aliphatic heterocycles. The molecule has 1 aliphatic rings. The first kappa shape index (κ1) is 13.9.